The summed E-state index contributed by atoms with van der Waals surface area (Å²) in [6.07, 6.45) is 0.893. The van der Waals surface area contributed by atoms with Crippen molar-refractivity contribution in [3.63, 3.8) is 0 Å². The van der Waals surface area contributed by atoms with Crippen molar-refractivity contribution in [2.75, 3.05) is 58.1 Å². The van der Waals surface area contributed by atoms with Crippen LogP contribution in [0.5, 0.6) is 11.5 Å². The van der Waals surface area contributed by atoms with Gasteiger partial charge in [0.2, 0.25) is 0 Å². The lowest BCUT2D eigenvalue weighted by Gasteiger charge is -2.30. The predicted octanol–water partition coefficient (Wildman–Crippen LogP) is 3.40. The van der Waals surface area contributed by atoms with Crippen molar-refractivity contribution >= 4 is 28.8 Å². The number of hydrogen-bond donors (Lipinski definition) is 1. The molecule has 2 aromatic carbocycles. The van der Waals surface area contributed by atoms with Gasteiger partial charge in [0.25, 0.3) is 0 Å². The van der Waals surface area contributed by atoms with Gasteiger partial charge in [-0.1, -0.05) is 11.6 Å². The first-order chi connectivity index (χ1) is 15.1. The van der Waals surface area contributed by atoms with Crippen molar-refractivity contribution in [2.24, 2.45) is 10.7 Å². The van der Waals surface area contributed by atoms with Gasteiger partial charge in [0.05, 0.1) is 37.6 Å². The molecule has 7 nitrogen and oxygen atoms in total. The van der Waals surface area contributed by atoms with E-state index in [9.17, 15) is 4.39 Å². The lowest BCUT2D eigenvalue weighted by atomic mass is 10.1. The lowest BCUT2D eigenvalue weighted by molar-refractivity contribution is 0.0357. The molecule has 9 heteroatoms. The monoisotopic (exact) mass is 448 g/mol. The van der Waals surface area contributed by atoms with Crippen molar-refractivity contribution in [2.45, 2.75) is 6.42 Å². The van der Waals surface area contributed by atoms with Gasteiger partial charge in [-0.15, -0.1) is 0 Å². The normalized spacial score (nSPS) is 16.6. The fourth-order valence-corrected chi connectivity index (χ4v) is 3.90. The Morgan fingerprint density at radius 2 is 2.00 bits per heavy atom. The molecule has 166 valence electrons. The summed E-state index contributed by atoms with van der Waals surface area (Å²) in [5.41, 5.74) is 8.42. The third-order valence-electron chi connectivity index (χ3n) is 5.43. The number of anilines is 2. The number of halogens is 2. The molecule has 0 atom stereocenters. The van der Waals surface area contributed by atoms with Crippen LogP contribution in [0.1, 0.15) is 12.0 Å². The summed E-state index contributed by atoms with van der Waals surface area (Å²) in [6, 6.07) is 8.28. The number of morpholine rings is 1. The number of nitrogens with zero attached hydrogens (tertiary/aromatic N) is 3. The molecule has 0 aliphatic carbocycles. The van der Waals surface area contributed by atoms with Crippen LogP contribution in [0.15, 0.2) is 35.3 Å². The van der Waals surface area contributed by atoms with Crippen molar-refractivity contribution in [1.82, 2.24) is 4.90 Å². The number of amidine groups is 1. The molecule has 0 radical (unpaired) electrons. The minimum Gasteiger partial charge on any atom is -0.493 e. The second kappa shape index (κ2) is 9.72. The molecule has 2 N–H and O–H groups in total. The summed E-state index contributed by atoms with van der Waals surface area (Å²) >= 11 is 5.98. The topological polar surface area (TPSA) is 72.5 Å². The van der Waals surface area contributed by atoms with E-state index < -0.39 is 5.82 Å². The van der Waals surface area contributed by atoms with Crippen molar-refractivity contribution in [1.29, 1.82) is 0 Å². The number of hydrogen-bond acceptors (Lipinski definition) is 7. The van der Waals surface area contributed by atoms with Gasteiger partial charge in [0, 0.05) is 37.0 Å². The molecule has 2 aliphatic heterocycles. The molecule has 0 amide bonds. The van der Waals surface area contributed by atoms with E-state index in [4.69, 9.17) is 31.5 Å². The highest BCUT2D eigenvalue weighted by atomic mass is 35.5. The Hall–Kier alpha value is -2.55. The number of fused-ring (bicyclic) bond motifs is 1. The van der Waals surface area contributed by atoms with Gasteiger partial charge in [-0.05, 0) is 30.7 Å². The highest BCUT2D eigenvalue weighted by Crippen LogP contribution is 2.40. The molecule has 0 spiro atoms. The highest BCUT2D eigenvalue weighted by molar-refractivity contribution is 6.31. The van der Waals surface area contributed by atoms with Gasteiger partial charge >= 0.3 is 0 Å². The average Bonchev–Trinajstić information content (AvgIpc) is 2.79. The average molecular weight is 449 g/mol. The first kappa shape index (κ1) is 21.7. The number of ether oxygens (including phenoxy) is 3. The Kier molecular flexibility index (Phi) is 6.80. The van der Waals surface area contributed by atoms with Gasteiger partial charge < -0.3 is 24.8 Å². The van der Waals surface area contributed by atoms with Crippen LogP contribution in [0, 0.1) is 5.82 Å². The summed E-state index contributed by atoms with van der Waals surface area (Å²) in [4.78, 5) is 8.68. The number of aliphatic imine (C=N–C) groups is 1. The Morgan fingerprint density at radius 3 is 2.74 bits per heavy atom. The summed E-state index contributed by atoms with van der Waals surface area (Å²) < 4.78 is 30.6. The van der Waals surface area contributed by atoms with Crippen LogP contribution in [0.4, 0.5) is 15.8 Å². The van der Waals surface area contributed by atoms with Crippen LogP contribution in [0.3, 0.4) is 0 Å². The summed E-state index contributed by atoms with van der Waals surface area (Å²) in [5.74, 6) is 1.16. The molecule has 4 rings (SSSR count). The van der Waals surface area contributed by atoms with E-state index in [0.717, 1.165) is 50.5 Å². The van der Waals surface area contributed by atoms with Crippen LogP contribution >= 0.6 is 11.6 Å². The number of benzene rings is 2. The van der Waals surface area contributed by atoms with Gasteiger partial charge in [-0.2, -0.15) is 0 Å². The van der Waals surface area contributed by atoms with Crippen LogP contribution in [-0.4, -0.2) is 64.0 Å². The van der Waals surface area contributed by atoms with Gasteiger partial charge in [0.15, 0.2) is 11.5 Å². The Labute approximate surface area is 186 Å². The molecule has 0 aromatic heterocycles. The minimum atomic E-state index is -0.468. The van der Waals surface area contributed by atoms with Gasteiger partial charge in [-0.25, -0.2) is 9.38 Å². The molecular weight excluding hydrogens is 423 g/mol. The zero-order valence-corrected chi connectivity index (χ0v) is 18.2. The zero-order chi connectivity index (χ0) is 21.8. The molecular formula is C22H26ClFN4O3. The third-order valence-corrected chi connectivity index (χ3v) is 5.72. The minimum absolute atomic E-state index is 0.0498. The lowest BCUT2D eigenvalue weighted by Crippen LogP contribution is -2.37. The van der Waals surface area contributed by atoms with E-state index in [0.29, 0.717) is 36.3 Å². The Morgan fingerprint density at radius 1 is 1.19 bits per heavy atom. The molecule has 31 heavy (non-hydrogen) atoms. The van der Waals surface area contributed by atoms with E-state index >= 15 is 0 Å². The van der Waals surface area contributed by atoms with Crippen molar-refractivity contribution in [3.05, 3.63) is 46.7 Å². The van der Waals surface area contributed by atoms with E-state index in [1.54, 1.807) is 19.2 Å². The first-order valence-electron chi connectivity index (χ1n) is 10.2. The standard InChI is InChI=1S/C22H26ClFN4O3/c1-29-20-13-19-16(12-21(20)31-8-2-5-27-6-9-30-10-7-27)22(25)26-14-28(19)15-3-4-18(24)17(23)11-15/h3-4,11-13H,2,5-10,14H2,1H3,(H2,25,26). The van der Waals surface area contributed by atoms with Crippen LogP contribution in [0.25, 0.3) is 0 Å². The molecule has 1 saturated heterocycles. The third kappa shape index (κ3) is 4.87. The quantitative estimate of drug-likeness (QED) is 0.654. The zero-order valence-electron chi connectivity index (χ0n) is 17.4. The fraction of sp³-hybridized carbons (Fsp3) is 0.409. The molecule has 2 heterocycles. The maximum atomic E-state index is 13.6. The molecule has 2 aromatic rings. The maximum Gasteiger partial charge on any atom is 0.162 e. The predicted molar refractivity (Wildman–Crippen MR) is 120 cm³/mol. The van der Waals surface area contributed by atoms with Crippen molar-refractivity contribution < 1.29 is 18.6 Å². The first-order valence-corrected chi connectivity index (χ1v) is 10.6. The van der Waals surface area contributed by atoms with Crippen LogP contribution < -0.4 is 20.1 Å². The molecule has 0 bridgehead atoms. The van der Waals surface area contributed by atoms with E-state index in [2.05, 4.69) is 9.89 Å². The Balaban J connectivity index is 1.52. The number of nitrogens with two attached hydrogens (primary N) is 1. The maximum absolute atomic E-state index is 13.6. The number of methoxy groups -OCH3 is 1. The largest absolute Gasteiger partial charge is 0.493 e. The van der Waals surface area contributed by atoms with E-state index in [-0.39, 0.29) is 5.02 Å². The summed E-state index contributed by atoms with van der Waals surface area (Å²) in [5, 5.41) is 0.0498. The second-order valence-electron chi connectivity index (χ2n) is 7.39. The van der Waals surface area contributed by atoms with Gasteiger partial charge in [0.1, 0.15) is 18.3 Å². The number of rotatable bonds is 7. The second-order valence-corrected chi connectivity index (χ2v) is 7.79. The summed E-state index contributed by atoms with van der Waals surface area (Å²) in [6.45, 7) is 5.29. The fourth-order valence-electron chi connectivity index (χ4n) is 3.73. The van der Waals surface area contributed by atoms with Crippen molar-refractivity contribution in [3.8, 4) is 11.5 Å². The van der Waals surface area contributed by atoms with E-state index in [1.807, 2.05) is 17.0 Å². The SMILES string of the molecule is COc1cc2c(cc1OCCCN1CCOCC1)C(N)=NCN2c1ccc(F)c(Cl)c1. The molecule has 2 aliphatic rings. The Bertz CT molecular complexity index is 966. The molecule has 0 saturated carbocycles. The molecule has 0 unspecified atom stereocenters. The smallest absolute Gasteiger partial charge is 0.162 e. The van der Waals surface area contributed by atoms with Crippen LogP contribution in [-0.2, 0) is 4.74 Å². The highest BCUT2D eigenvalue weighted by Gasteiger charge is 2.24. The van der Waals surface area contributed by atoms with Crippen LogP contribution in [0.2, 0.25) is 5.02 Å². The molecule has 1 fully saturated rings. The van der Waals surface area contributed by atoms with E-state index in [1.165, 1.54) is 6.07 Å². The van der Waals surface area contributed by atoms with Gasteiger partial charge in [-0.3, -0.25) is 4.90 Å². The summed E-state index contributed by atoms with van der Waals surface area (Å²) in [7, 11) is 1.60.